The number of hydrogen-bond acceptors (Lipinski definition) is 6. The number of thiazole rings is 1. The molecule has 5 nitrogen and oxygen atoms in total. The van der Waals surface area contributed by atoms with E-state index >= 15 is 0 Å². The molecule has 20 heavy (non-hydrogen) atoms. The maximum Gasteiger partial charge on any atom is 0.269 e. The van der Waals surface area contributed by atoms with Crippen LogP contribution < -0.4 is 5.73 Å². The van der Waals surface area contributed by atoms with E-state index < -0.39 is 5.54 Å². The smallest absolute Gasteiger partial charge is 0.269 e. The highest BCUT2D eigenvalue weighted by Crippen LogP contribution is 2.38. The van der Waals surface area contributed by atoms with Gasteiger partial charge in [-0.05, 0) is 38.5 Å². The Labute approximate surface area is 122 Å². The first-order chi connectivity index (χ1) is 9.62. The lowest BCUT2D eigenvalue weighted by Crippen LogP contribution is -2.41. The van der Waals surface area contributed by atoms with Crippen LogP contribution >= 0.6 is 11.3 Å². The van der Waals surface area contributed by atoms with E-state index in [-0.39, 0.29) is 0 Å². The second kappa shape index (κ2) is 5.26. The molecule has 0 atom stereocenters. The van der Waals surface area contributed by atoms with Gasteiger partial charge >= 0.3 is 0 Å². The molecule has 1 saturated carbocycles. The van der Waals surface area contributed by atoms with Crippen molar-refractivity contribution in [1.82, 2.24) is 15.1 Å². The van der Waals surface area contributed by atoms with Gasteiger partial charge in [-0.25, -0.2) is 4.98 Å². The molecule has 2 N–H and O–H groups in total. The molecule has 1 aliphatic carbocycles. The molecule has 0 unspecified atom stereocenters. The molecule has 3 rings (SSSR count). The third-order valence-corrected chi connectivity index (χ3v) is 5.30. The average molecular weight is 292 g/mol. The Balaban J connectivity index is 1.82. The molecule has 0 spiro atoms. The van der Waals surface area contributed by atoms with E-state index in [0.29, 0.717) is 11.7 Å². The van der Waals surface area contributed by atoms with E-state index in [1.54, 1.807) is 5.51 Å². The molecule has 0 saturated heterocycles. The van der Waals surface area contributed by atoms with Crippen LogP contribution in [0.1, 0.15) is 50.5 Å². The van der Waals surface area contributed by atoms with Gasteiger partial charge in [0.15, 0.2) is 5.82 Å². The lowest BCUT2D eigenvalue weighted by Gasteiger charge is -2.34. The summed E-state index contributed by atoms with van der Waals surface area (Å²) in [6, 6.07) is 0. The molecule has 2 heterocycles. The molecule has 1 fully saturated rings. The summed E-state index contributed by atoms with van der Waals surface area (Å²) < 4.78 is 5.39. The van der Waals surface area contributed by atoms with Crippen molar-refractivity contribution < 1.29 is 4.52 Å². The van der Waals surface area contributed by atoms with Crippen molar-refractivity contribution in [3.05, 3.63) is 17.0 Å². The largest absolute Gasteiger partial charge is 0.333 e. The number of nitrogens with zero attached hydrogens (tertiary/aromatic N) is 3. The van der Waals surface area contributed by atoms with Crippen LogP contribution in [0.2, 0.25) is 0 Å². The van der Waals surface area contributed by atoms with Crippen LogP contribution in [0.5, 0.6) is 0 Å². The third kappa shape index (κ3) is 2.38. The zero-order valence-corrected chi connectivity index (χ0v) is 12.7. The van der Waals surface area contributed by atoms with E-state index in [2.05, 4.69) is 22.0 Å². The molecule has 0 radical (unpaired) electrons. The Morgan fingerprint density at radius 3 is 2.80 bits per heavy atom. The Morgan fingerprint density at radius 1 is 1.45 bits per heavy atom. The molecule has 0 aromatic carbocycles. The van der Waals surface area contributed by atoms with Gasteiger partial charge in [0.2, 0.25) is 0 Å². The fraction of sp³-hybridized carbons (Fsp3) is 0.643. The number of rotatable bonds is 3. The first-order valence-electron chi connectivity index (χ1n) is 7.16. The lowest BCUT2D eigenvalue weighted by molar-refractivity contribution is 0.216. The van der Waals surface area contributed by atoms with Gasteiger partial charge in [0.1, 0.15) is 4.88 Å². The molecule has 2 aromatic rings. The Bertz CT molecular complexity index is 584. The van der Waals surface area contributed by atoms with Crippen molar-refractivity contribution in [3.63, 3.8) is 0 Å². The zero-order chi connectivity index (χ0) is 14.2. The Kier molecular flexibility index (Phi) is 3.60. The third-order valence-electron chi connectivity index (χ3n) is 4.39. The maximum atomic E-state index is 6.50. The molecule has 0 amide bonds. The van der Waals surface area contributed by atoms with Gasteiger partial charge in [-0.2, -0.15) is 4.98 Å². The first kappa shape index (κ1) is 13.7. The minimum Gasteiger partial charge on any atom is -0.333 e. The summed E-state index contributed by atoms with van der Waals surface area (Å²) in [5, 5.41) is 4.13. The average Bonchev–Trinajstić information content (AvgIpc) is 3.08. The van der Waals surface area contributed by atoms with E-state index in [1.807, 2.05) is 6.92 Å². The second-order valence-electron chi connectivity index (χ2n) is 5.70. The van der Waals surface area contributed by atoms with Crippen LogP contribution in [0.15, 0.2) is 10.0 Å². The number of hydrogen-bond donors (Lipinski definition) is 1. The summed E-state index contributed by atoms with van der Waals surface area (Å²) >= 11 is 1.52. The predicted molar refractivity (Wildman–Crippen MR) is 78.3 cm³/mol. The van der Waals surface area contributed by atoms with Crippen LogP contribution in [-0.4, -0.2) is 15.1 Å². The van der Waals surface area contributed by atoms with Crippen LogP contribution in [0.4, 0.5) is 0 Å². The van der Waals surface area contributed by atoms with Crippen molar-refractivity contribution in [1.29, 1.82) is 0 Å². The number of aryl methyl sites for hydroxylation is 1. The first-order valence-corrected chi connectivity index (χ1v) is 8.04. The van der Waals surface area contributed by atoms with Gasteiger partial charge in [0.05, 0.1) is 16.7 Å². The predicted octanol–water partition coefficient (Wildman–Crippen LogP) is 3.26. The molecule has 6 heteroatoms. The van der Waals surface area contributed by atoms with Crippen molar-refractivity contribution in [2.45, 2.75) is 51.5 Å². The summed E-state index contributed by atoms with van der Waals surface area (Å²) in [4.78, 5) is 9.68. The molecule has 0 bridgehead atoms. The van der Waals surface area contributed by atoms with Gasteiger partial charge in [-0.3, -0.25) is 0 Å². The Hall–Kier alpha value is -1.27. The highest BCUT2D eigenvalue weighted by molar-refractivity contribution is 7.13. The van der Waals surface area contributed by atoms with Gasteiger partial charge in [-0.15, -0.1) is 11.3 Å². The summed E-state index contributed by atoms with van der Waals surface area (Å²) in [5.41, 5.74) is 8.79. The van der Waals surface area contributed by atoms with Crippen LogP contribution in [0, 0.1) is 12.8 Å². The van der Waals surface area contributed by atoms with E-state index in [4.69, 9.17) is 10.3 Å². The normalized spacial score (nSPS) is 26.9. The highest BCUT2D eigenvalue weighted by atomic mass is 32.1. The van der Waals surface area contributed by atoms with E-state index in [0.717, 1.165) is 42.2 Å². The molecule has 1 aliphatic rings. The zero-order valence-electron chi connectivity index (χ0n) is 11.9. The van der Waals surface area contributed by atoms with E-state index in [9.17, 15) is 0 Å². The summed E-state index contributed by atoms with van der Waals surface area (Å²) in [6.07, 6.45) is 5.40. The number of nitrogens with two attached hydrogens (primary N) is 1. The van der Waals surface area contributed by atoms with E-state index in [1.165, 1.54) is 17.8 Å². The summed E-state index contributed by atoms with van der Waals surface area (Å²) in [6.45, 7) is 4.19. The highest BCUT2D eigenvalue weighted by Gasteiger charge is 2.37. The molecule has 0 aliphatic heterocycles. The fourth-order valence-electron chi connectivity index (χ4n) is 2.85. The van der Waals surface area contributed by atoms with Gasteiger partial charge in [0.25, 0.3) is 5.89 Å². The minimum absolute atomic E-state index is 0.425. The lowest BCUT2D eigenvalue weighted by atomic mass is 9.76. The monoisotopic (exact) mass is 292 g/mol. The topological polar surface area (TPSA) is 77.8 Å². The van der Waals surface area contributed by atoms with Crippen molar-refractivity contribution in [2.24, 2.45) is 11.7 Å². The van der Waals surface area contributed by atoms with Crippen molar-refractivity contribution >= 4 is 11.3 Å². The molecule has 2 aromatic heterocycles. The van der Waals surface area contributed by atoms with Crippen molar-refractivity contribution in [2.75, 3.05) is 0 Å². The Morgan fingerprint density at radius 2 is 2.20 bits per heavy atom. The summed E-state index contributed by atoms with van der Waals surface area (Å²) in [5.74, 6) is 1.99. The fourth-order valence-corrected chi connectivity index (χ4v) is 3.57. The number of aromatic nitrogens is 3. The molecular formula is C14H20N4OS. The van der Waals surface area contributed by atoms with Crippen LogP contribution in [-0.2, 0) is 5.54 Å². The SMILES string of the molecule is CCC1CCC(N)(c2noc(-c3scnc3C)n2)CC1. The quantitative estimate of drug-likeness (QED) is 0.939. The standard InChI is InChI=1S/C14H20N4OS/c1-3-10-4-6-14(15,7-5-10)13-17-12(19-18-13)11-9(2)16-8-20-11/h8,10H,3-7,15H2,1-2H3. The second-order valence-corrected chi connectivity index (χ2v) is 6.55. The molecule has 108 valence electrons. The van der Waals surface area contributed by atoms with Crippen LogP contribution in [0.25, 0.3) is 10.8 Å². The van der Waals surface area contributed by atoms with Gasteiger partial charge in [-0.1, -0.05) is 18.5 Å². The summed E-state index contributed by atoms with van der Waals surface area (Å²) in [7, 11) is 0. The van der Waals surface area contributed by atoms with Crippen LogP contribution in [0.3, 0.4) is 0 Å². The van der Waals surface area contributed by atoms with Gasteiger partial charge in [0, 0.05) is 0 Å². The van der Waals surface area contributed by atoms with Crippen molar-refractivity contribution in [3.8, 4) is 10.8 Å². The maximum absolute atomic E-state index is 6.50. The van der Waals surface area contributed by atoms with Gasteiger partial charge < -0.3 is 10.3 Å². The molecular weight excluding hydrogens is 272 g/mol. The minimum atomic E-state index is -0.425.